The van der Waals surface area contributed by atoms with Gasteiger partial charge < -0.3 is 4.74 Å². The first kappa shape index (κ1) is 17.5. The minimum atomic E-state index is -0.142. The molecule has 2 heterocycles. The maximum absolute atomic E-state index is 12.2. The second-order valence-corrected chi connectivity index (χ2v) is 7.83. The zero-order chi connectivity index (χ0) is 17.1. The summed E-state index contributed by atoms with van der Waals surface area (Å²) in [5, 5.41) is 5.50. The van der Waals surface area contributed by atoms with Gasteiger partial charge in [-0.05, 0) is 38.1 Å². The summed E-state index contributed by atoms with van der Waals surface area (Å²) in [6.45, 7) is 6.77. The fraction of sp³-hybridized carbons (Fsp3) is 0.412. The van der Waals surface area contributed by atoms with Crippen LogP contribution in [0.1, 0.15) is 29.9 Å². The second-order valence-electron chi connectivity index (χ2n) is 6.06. The normalized spacial score (nSPS) is 21.6. The van der Waals surface area contributed by atoms with Crippen molar-refractivity contribution in [2.24, 2.45) is 0 Å². The van der Waals surface area contributed by atoms with E-state index in [1.807, 2.05) is 17.5 Å². The van der Waals surface area contributed by atoms with Gasteiger partial charge in [-0.15, -0.1) is 11.3 Å². The van der Waals surface area contributed by atoms with Crippen molar-refractivity contribution in [3.63, 3.8) is 0 Å². The number of carbonyl (C=O) groups excluding carboxylic acids is 1. The summed E-state index contributed by atoms with van der Waals surface area (Å²) >= 11 is 4.82. The van der Waals surface area contributed by atoms with E-state index < -0.39 is 0 Å². The molecule has 3 rings (SSSR count). The van der Waals surface area contributed by atoms with E-state index in [-0.39, 0.29) is 18.1 Å². The van der Waals surface area contributed by atoms with Gasteiger partial charge in [-0.25, -0.2) is 4.98 Å². The number of carbonyl (C=O) groups is 1. The van der Waals surface area contributed by atoms with Gasteiger partial charge in [0.1, 0.15) is 0 Å². The lowest BCUT2D eigenvalue weighted by Gasteiger charge is -2.34. The second kappa shape index (κ2) is 7.74. The number of thiazole rings is 1. The van der Waals surface area contributed by atoms with Crippen LogP contribution in [0.15, 0.2) is 34.1 Å². The molecule has 5 nitrogen and oxygen atoms in total. The molecule has 1 amide bonds. The largest absolute Gasteiger partial charge is 0.373 e. The molecule has 1 N–H and O–H groups in total. The van der Waals surface area contributed by atoms with Crippen molar-refractivity contribution in [3.05, 3.63) is 45.4 Å². The first-order chi connectivity index (χ1) is 11.5. The molecule has 128 valence electrons. The van der Waals surface area contributed by atoms with Crippen LogP contribution in [0, 0.1) is 0 Å². The van der Waals surface area contributed by atoms with Gasteiger partial charge >= 0.3 is 0 Å². The average Bonchev–Trinajstić information content (AvgIpc) is 2.93. The fourth-order valence-corrected chi connectivity index (χ4v) is 3.81. The van der Waals surface area contributed by atoms with Crippen molar-refractivity contribution in [1.82, 2.24) is 9.88 Å². The van der Waals surface area contributed by atoms with Gasteiger partial charge in [-0.2, -0.15) is 0 Å². The summed E-state index contributed by atoms with van der Waals surface area (Å²) in [7, 11) is 0. The summed E-state index contributed by atoms with van der Waals surface area (Å²) in [4.78, 5) is 19.1. The predicted octanol–water partition coefficient (Wildman–Crippen LogP) is 3.77. The molecule has 1 aromatic heterocycles. The zero-order valence-electron chi connectivity index (χ0n) is 13.7. The van der Waals surface area contributed by atoms with Gasteiger partial charge in [0, 0.05) is 35.1 Å². The highest BCUT2D eigenvalue weighted by molar-refractivity contribution is 9.10. The van der Waals surface area contributed by atoms with Gasteiger partial charge in [0.2, 0.25) is 0 Å². The Morgan fingerprint density at radius 1 is 1.33 bits per heavy atom. The van der Waals surface area contributed by atoms with Gasteiger partial charge in [0.15, 0.2) is 5.13 Å². The van der Waals surface area contributed by atoms with Crippen LogP contribution in [-0.2, 0) is 11.3 Å². The van der Waals surface area contributed by atoms with Crippen molar-refractivity contribution in [1.29, 1.82) is 0 Å². The molecule has 2 aromatic rings. The molecule has 1 saturated heterocycles. The number of aromatic nitrogens is 1. The van der Waals surface area contributed by atoms with E-state index in [0.29, 0.717) is 10.7 Å². The van der Waals surface area contributed by atoms with Crippen LogP contribution in [0.2, 0.25) is 0 Å². The molecule has 0 unspecified atom stereocenters. The lowest BCUT2D eigenvalue weighted by atomic mass is 10.2. The van der Waals surface area contributed by atoms with Crippen LogP contribution in [0.4, 0.5) is 5.13 Å². The maximum atomic E-state index is 12.2. The van der Waals surface area contributed by atoms with E-state index in [0.717, 1.165) is 29.8 Å². The van der Waals surface area contributed by atoms with Crippen LogP contribution in [0.3, 0.4) is 0 Å². The van der Waals surface area contributed by atoms with Gasteiger partial charge in [-0.1, -0.05) is 15.9 Å². The van der Waals surface area contributed by atoms with Crippen molar-refractivity contribution in [2.45, 2.75) is 32.6 Å². The number of nitrogens with one attached hydrogen (secondary N) is 1. The standard InChI is InChI=1S/C17H20BrN3O2S/c1-11-7-21(8-12(2)23-11)9-15-10-24-17(19-15)20-16(22)13-3-5-14(18)6-4-13/h3-6,10-12H,7-9H2,1-2H3,(H,19,20,22)/t11-,12-/m1/s1. The van der Waals surface area contributed by atoms with Crippen LogP contribution in [0.5, 0.6) is 0 Å². The molecule has 24 heavy (non-hydrogen) atoms. The number of rotatable bonds is 4. The van der Waals surface area contributed by atoms with Gasteiger partial charge in [-0.3, -0.25) is 15.0 Å². The van der Waals surface area contributed by atoms with E-state index in [1.165, 1.54) is 11.3 Å². The number of amides is 1. The third kappa shape index (κ3) is 4.63. The topological polar surface area (TPSA) is 54.5 Å². The molecule has 1 fully saturated rings. The number of halogens is 1. The first-order valence-corrected chi connectivity index (χ1v) is 9.56. The summed E-state index contributed by atoms with van der Waals surface area (Å²) in [5.41, 5.74) is 1.60. The number of hydrogen-bond acceptors (Lipinski definition) is 5. The predicted molar refractivity (Wildman–Crippen MR) is 99.5 cm³/mol. The minimum Gasteiger partial charge on any atom is -0.373 e. The van der Waals surface area contributed by atoms with Crippen molar-refractivity contribution >= 4 is 38.3 Å². The number of benzene rings is 1. The molecular weight excluding hydrogens is 390 g/mol. The van der Waals surface area contributed by atoms with E-state index in [1.54, 1.807) is 12.1 Å². The Kier molecular flexibility index (Phi) is 5.65. The van der Waals surface area contributed by atoms with Crippen LogP contribution in [0.25, 0.3) is 0 Å². The highest BCUT2D eigenvalue weighted by Crippen LogP contribution is 2.20. The van der Waals surface area contributed by atoms with E-state index in [2.05, 4.69) is 45.0 Å². The molecular formula is C17H20BrN3O2S. The lowest BCUT2D eigenvalue weighted by Crippen LogP contribution is -2.44. The van der Waals surface area contributed by atoms with Crippen LogP contribution >= 0.6 is 27.3 Å². The first-order valence-electron chi connectivity index (χ1n) is 7.89. The van der Waals surface area contributed by atoms with Crippen molar-refractivity contribution in [2.75, 3.05) is 18.4 Å². The highest BCUT2D eigenvalue weighted by Gasteiger charge is 2.22. The minimum absolute atomic E-state index is 0.142. The molecule has 0 saturated carbocycles. The average molecular weight is 410 g/mol. The molecule has 1 aromatic carbocycles. The Morgan fingerprint density at radius 3 is 2.67 bits per heavy atom. The fourth-order valence-electron chi connectivity index (χ4n) is 2.85. The Morgan fingerprint density at radius 2 is 2.00 bits per heavy atom. The molecule has 2 atom stereocenters. The van der Waals surface area contributed by atoms with Crippen molar-refractivity contribution in [3.8, 4) is 0 Å². The van der Waals surface area contributed by atoms with Crippen LogP contribution < -0.4 is 5.32 Å². The quantitative estimate of drug-likeness (QED) is 0.834. The highest BCUT2D eigenvalue weighted by atomic mass is 79.9. The zero-order valence-corrected chi connectivity index (χ0v) is 16.1. The van der Waals surface area contributed by atoms with E-state index in [4.69, 9.17) is 4.74 Å². The number of ether oxygens (including phenoxy) is 1. The summed E-state index contributed by atoms with van der Waals surface area (Å²) in [6, 6.07) is 7.26. The molecule has 1 aliphatic rings. The van der Waals surface area contributed by atoms with Gasteiger partial charge in [0.05, 0.1) is 17.9 Å². The summed E-state index contributed by atoms with van der Waals surface area (Å²) < 4.78 is 6.70. The SMILES string of the molecule is C[C@@H]1CN(Cc2csc(NC(=O)c3ccc(Br)cc3)n2)C[C@@H](C)O1. The maximum Gasteiger partial charge on any atom is 0.257 e. The number of nitrogens with zero attached hydrogens (tertiary/aromatic N) is 2. The smallest absolute Gasteiger partial charge is 0.257 e. The van der Waals surface area contributed by atoms with Gasteiger partial charge in [0.25, 0.3) is 5.91 Å². The molecule has 0 aliphatic carbocycles. The van der Waals surface area contributed by atoms with E-state index >= 15 is 0 Å². The summed E-state index contributed by atoms with van der Waals surface area (Å²) in [6.07, 6.45) is 0.480. The summed E-state index contributed by atoms with van der Waals surface area (Å²) in [5.74, 6) is -0.142. The Balaban J connectivity index is 1.59. The van der Waals surface area contributed by atoms with Crippen molar-refractivity contribution < 1.29 is 9.53 Å². The number of hydrogen-bond donors (Lipinski definition) is 1. The number of morpholine rings is 1. The molecule has 7 heteroatoms. The monoisotopic (exact) mass is 409 g/mol. The third-order valence-corrected chi connectivity index (χ3v) is 5.09. The molecule has 0 spiro atoms. The Bertz CT molecular complexity index is 694. The lowest BCUT2D eigenvalue weighted by molar-refractivity contribution is -0.0707. The third-order valence-electron chi connectivity index (χ3n) is 3.76. The Labute approximate surface area is 154 Å². The number of anilines is 1. The van der Waals surface area contributed by atoms with Crippen LogP contribution in [-0.4, -0.2) is 41.1 Å². The van der Waals surface area contributed by atoms with E-state index in [9.17, 15) is 4.79 Å². The molecule has 1 aliphatic heterocycles. The Hall–Kier alpha value is -1.28. The molecule has 0 bridgehead atoms. The molecule has 0 radical (unpaired) electrons.